The molecule has 6 nitrogen and oxygen atoms in total. The van der Waals surface area contributed by atoms with E-state index < -0.39 is 9.84 Å². The Balaban J connectivity index is 1.60. The summed E-state index contributed by atoms with van der Waals surface area (Å²) in [6.07, 6.45) is 5.98. The molecule has 7 heteroatoms. The van der Waals surface area contributed by atoms with Gasteiger partial charge in [0.05, 0.1) is 10.6 Å². The Bertz CT molecular complexity index is 951. The van der Waals surface area contributed by atoms with Crippen molar-refractivity contribution in [2.75, 3.05) is 31.3 Å². The molecule has 0 spiro atoms. The third kappa shape index (κ3) is 5.41. The van der Waals surface area contributed by atoms with E-state index in [1.54, 1.807) is 12.1 Å². The van der Waals surface area contributed by atoms with Crippen LogP contribution in [0.5, 0.6) is 0 Å². The first-order chi connectivity index (χ1) is 13.9. The molecule has 0 unspecified atom stereocenters. The number of fused-ring (bicyclic) bond motifs is 1. The molecule has 1 aliphatic carbocycles. The Morgan fingerprint density at radius 2 is 1.72 bits per heavy atom. The third-order valence-corrected chi connectivity index (χ3v) is 7.34. The van der Waals surface area contributed by atoms with E-state index in [2.05, 4.69) is 10.6 Å². The highest BCUT2D eigenvalue weighted by molar-refractivity contribution is 7.91. The summed E-state index contributed by atoms with van der Waals surface area (Å²) in [4.78, 5) is 14.3. The van der Waals surface area contributed by atoms with Gasteiger partial charge in [0.15, 0.2) is 9.84 Å². The molecule has 158 valence electrons. The topological polar surface area (TPSA) is 78.5 Å². The van der Waals surface area contributed by atoms with Crippen molar-refractivity contribution in [3.8, 4) is 0 Å². The molecule has 3 rings (SSSR count). The fraction of sp³-hybridized carbons (Fsp3) is 0.500. The van der Waals surface area contributed by atoms with E-state index in [0.717, 1.165) is 42.1 Å². The van der Waals surface area contributed by atoms with Crippen molar-refractivity contribution in [3.63, 3.8) is 0 Å². The maximum absolute atomic E-state index is 12.9. The van der Waals surface area contributed by atoms with E-state index in [-0.39, 0.29) is 17.8 Å². The largest absolute Gasteiger partial charge is 0.377 e. The van der Waals surface area contributed by atoms with E-state index in [9.17, 15) is 13.2 Å². The highest BCUT2D eigenvalue weighted by Crippen LogP contribution is 2.30. The summed E-state index contributed by atoms with van der Waals surface area (Å²) in [6, 6.07) is 11.2. The number of rotatable bonds is 7. The lowest BCUT2D eigenvalue weighted by Gasteiger charge is -2.22. The molecule has 2 N–H and O–H groups in total. The van der Waals surface area contributed by atoms with Crippen LogP contribution >= 0.6 is 0 Å². The van der Waals surface area contributed by atoms with Crippen LogP contribution in [0.4, 0.5) is 10.5 Å². The lowest BCUT2D eigenvalue weighted by molar-refractivity contribution is 0.232. The predicted octanol–water partition coefficient (Wildman–Crippen LogP) is 3.70. The van der Waals surface area contributed by atoms with Crippen molar-refractivity contribution in [3.05, 3.63) is 36.4 Å². The summed E-state index contributed by atoms with van der Waals surface area (Å²) in [5.41, 5.74) is 0.987. The van der Waals surface area contributed by atoms with E-state index in [1.807, 2.05) is 43.3 Å². The smallest absolute Gasteiger partial charge is 0.315 e. The number of hydrogen-bond acceptors (Lipinski definition) is 4. The van der Waals surface area contributed by atoms with Crippen LogP contribution in [0.15, 0.2) is 41.3 Å². The molecule has 0 radical (unpaired) electrons. The summed E-state index contributed by atoms with van der Waals surface area (Å²) in [6.45, 7) is 0.339. The lowest BCUT2D eigenvalue weighted by atomic mass is 9.96. The standard InChI is InChI=1S/C22H31N3O3S/c1-25(2)20-13-6-12-19-18(20)11-7-14-21(19)29(27,28)16-8-15-23-22(26)24-17-9-4-3-5-10-17/h6-7,11-14,17H,3-5,8-10,15-16H2,1-2H3,(H2,23,24,26). The summed E-state index contributed by atoms with van der Waals surface area (Å²) < 4.78 is 25.9. The van der Waals surface area contributed by atoms with Crippen LogP contribution in [0.1, 0.15) is 38.5 Å². The van der Waals surface area contributed by atoms with Crippen molar-refractivity contribution in [2.24, 2.45) is 0 Å². The molecule has 2 amide bonds. The monoisotopic (exact) mass is 417 g/mol. The van der Waals surface area contributed by atoms with Crippen molar-refractivity contribution in [2.45, 2.75) is 49.5 Å². The lowest BCUT2D eigenvalue weighted by Crippen LogP contribution is -2.43. The molecule has 2 aromatic carbocycles. The van der Waals surface area contributed by atoms with Gasteiger partial charge in [-0.25, -0.2) is 13.2 Å². The van der Waals surface area contributed by atoms with Crippen LogP contribution in [0.2, 0.25) is 0 Å². The maximum Gasteiger partial charge on any atom is 0.315 e. The van der Waals surface area contributed by atoms with Gasteiger partial charge in [0.2, 0.25) is 0 Å². The minimum atomic E-state index is -3.44. The molecule has 0 bridgehead atoms. The average molecular weight is 418 g/mol. The molecule has 1 saturated carbocycles. The van der Waals surface area contributed by atoms with Crippen LogP contribution in [0.25, 0.3) is 10.8 Å². The number of sulfone groups is 1. The van der Waals surface area contributed by atoms with Gasteiger partial charge < -0.3 is 15.5 Å². The molecule has 0 heterocycles. The second-order valence-corrected chi connectivity index (χ2v) is 10.0. The second-order valence-electron chi connectivity index (χ2n) is 7.93. The van der Waals surface area contributed by atoms with Gasteiger partial charge >= 0.3 is 6.03 Å². The summed E-state index contributed by atoms with van der Waals surface area (Å²) in [7, 11) is 0.444. The molecular formula is C22H31N3O3S. The first kappa shape index (κ1) is 21.4. The van der Waals surface area contributed by atoms with Crippen LogP contribution in [0.3, 0.4) is 0 Å². The van der Waals surface area contributed by atoms with Crippen LogP contribution in [-0.2, 0) is 9.84 Å². The molecule has 29 heavy (non-hydrogen) atoms. The number of hydrogen-bond donors (Lipinski definition) is 2. The van der Waals surface area contributed by atoms with Gasteiger partial charge in [0.1, 0.15) is 0 Å². The maximum atomic E-state index is 12.9. The molecule has 0 aliphatic heterocycles. The normalized spacial score (nSPS) is 15.2. The quantitative estimate of drug-likeness (QED) is 0.674. The fourth-order valence-electron chi connectivity index (χ4n) is 3.98. The fourth-order valence-corrected chi connectivity index (χ4v) is 5.53. The van der Waals surface area contributed by atoms with E-state index in [4.69, 9.17) is 0 Å². The number of nitrogens with zero attached hydrogens (tertiary/aromatic N) is 1. The molecule has 0 atom stereocenters. The number of carbonyl (C=O) groups excluding carboxylic acids is 1. The molecule has 2 aromatic rings. The summed E-state index contributed by atoms with van der Waals surface area (Å²) in [5.74, 6) is 0.00200. The number of nitrogens with one attached hydrogen (secondary N) is 2. The number of anilines is 1. The predicted molar refractivity (Wildman–Crippen MR) is 118 cm³/mol. The van der Waals surface area contributed by atoms with Gasteiger partial charge in [-0.05, 0) is 31.4 Å². The number of urea groups is 1. The van der Waals surface area contributed by atoms with Gasteiger partial charge in [-0.1, -0.05) is 43.5 Å². The van der Waals surface area contributed by atoms with Gasteiger partial charge in [0.25, 0.3) is 0 Å². The third-order valence-electron chi connectivity index (χ3n) is 5.49. The number of benzene rings is 2. The molecule has 1 fully saturated rings. The zero-order chi connectivity index (χ0) is 20.9. The summed E-state index contributed by atoms with van der Waals surface area (Å²) >= 11 is 0. The minimum Gasteiger partial charge on any atom is -0.377 e. The van der Waals surface area contributed by atoms with Gasteiger partial charge in [-0.3, -0.25) is 0 Å². The van der Waals surface area contributed by atoms with Crippen molar-refractivity contribution < 1.29 is 13.2 Å². The average Bonchev–Trinajstić information content (AvgIpc) is 2.71. The van der Waals surface area contributed by atoms with Crippen molar-refractivity contribution >= 4 is 32.3 Å². The van der Waals surface area contributed by atoms with Crippen LogP contribution in [0, 0.1) is 0 Å². The minimum absolute atomic E-state index is 0.00200. The highest BCUT2D eigenvalue weighted by atomic mass is 32.2. The van der Waals surface area contributed by atoms with Gasteiger partial charge in [-0.2, -0.15) is 0 Å². The van der Waals surface area contributed by atoms with Crippen molar-refractivity contribution in [1.82, 2.24) is 10.6 Å². The first-order valence-electron chi connectivity index (χ1n) is 10.3. The number of carbonyl (C=O) groups is 1. The Labute approximate surface area is 173 Å². The zero-order valence-corrected chi connectivity index (χ0v) is 18.1. The number of amides is 2. The van der Waals surface area contributed by atoms with Crippen LogP contribution < -0.4 is 15.5 Å². The Morgan fingerprint density at radius 3 is 2.45 bits per heavy atom. The molecule has 0 saturated heterocycles. The second kappa shape index (κ2) is 9.48. The zero-order valence-electron chi connectivity index (χ0n) is 17.3. The van der Waals surface area contributed by atoms with E-state index in [1.165, 1.54) is 6.42 Å². The van der Waals surface area contributed by atoms with E-state index >= 15 is 0 Å². The highest BCUT2D eigenvalue weighted by Gasteiger charge is 2.19. The van der Waals surface area contributed by atoms with Crippen molar-refractivity contribution in [1.29, 1.82) is 0 Å². The SMILES string of the molecule is CN(C)c1cccc2c(S(=O)(=O)CCCNC(=O)NC3CCCCC3)cccc12. The van der Waals surface area contributed by atoms with Gasteiger partial charge in [-0.15, -0.1) is 0 Å². The van der Waals surface area contributed by atoms with E-state index in [0.29, 0.717) is 17.9 Å². The summed E-state index contributed by atoms with van der Waals surface area (Å²) in [5, 5.41) is 7.44. The Morgan fingerprint density at radius 1 is 1.03 bits per heavy atom. The van der Waals surface area contributed by atoms with Crippen LogP contribution in [-0.4, -0.2) is 46.9 Å². The first-order valence-corrected chi connectivity index (χ1v) is 12.0. The Kier molecular flexibility index (Phi) is 7.00. The molecule has 1 aliphatic rings. The van der Waals surface area contributed by atoms with Gasteiger partial charge in [0, 0.05) is 43.1 Å². The molecular weight excluding hydrogens is 386 g/mol. The Hall–Kier alpha value is -2.28. The molecule has 0 aromatic heterocycles.